The summed E-state index contributed by atoms with van der Waals surface area (Å²) < 4.78 is 31.2. The molecule has 0 fully saturated rings. The van der Waals surface area contributed by atoms with Crippen LogP contribution in [0.15, 0.2) is 130 Å². The topological polar surface area (TPSA) is 179 Å². The molecule has 0 aromatic carbocycles. The van der Waals surface area contributed by atoms with E-state index >= 15 is 0 Å². The molecule has 0 aromatic heterocycles. The zero-order valence-electron chi connectivity index (χ0n) is 35.6. The summed E-state index contributed by atoms with van der Waals surface area (Å²) in [6, 6.07) is 0. The van der Waals surface area contributed by atoms with Gasteiger partial charge in [0, 0.05) is 0 Å². The van der Waals surface area contributed by atoms with Crippen LogP contribution in [0.25, 0.3) is 0 Å². The van der Waals surface area contributed by atoms with Gasteiger partial charge in [0.1, 0.15) is 12.2 Å². The molecule has 0 saturated heterocycles. The van der Waals surface area contributed by atoms with E-state index in [0.717, 1.165) is 33.4 Å². The molecule has 16 heteroatoms. The predicted molar refractivity (Wildman–Crippen MR) is 198 cm³/mol. The first kappa shape index (κ1) is 61.0. The first-order chi connectivity index (χ1) is 23.8. The molecule has 0 aliphatic heterocycles. The third-order valence-electron chi connectivity index (χ3n) is 8.79. The number of ketones is 2. The average Bonchev–Trinajstić information content (AvgIpc) is 2.98. The van der Waals surface area contributed by atoms with E-state index in [9.17, 15) is 38.3 Å². The second kappa shape index (κ2) is 26.9. The van der Waals surface area contributed by atoms with Gasteiger partial charge in [-0.25, -0.2) is 0 Å². The fourth-order valence-electron chi connectivity index (χ4n) is 6.05. The maximum atomic E-state index is 12.6. The average molecular weight is 845 g/mol. The van der Waals surface area contributed by atoms with Crippen molar-refractivity contribution in [1.29, 1.82) is 0 Å². The number of phosphoric ester groups is 2. The normalized spacial score (nSPS) is 21.6. The van der Waals surface area contributed by atoms with E-state index in [0.29, 0.717) is 11.1 Å². The van der Waals surface area contributed by atoms with Crippen LogP contribution in [0, 0.1) is 10.8 Å². The minimum absolute atomic E-state index is 0. The zero-order valence-corrected chi connectivity index (χ0v) is 45.4. The number of carbonyl (C=O) groups excluding carboxylic acids is 2. The number of Topliss-reactive ketones (excluding diaryl/α,β-unsaturated/α-hetero) is 2. The molecule has 0 aromatic rings. The van der Waals surface area contributed by atoms with E-state index in [-0.39, 0.29) is 131 Å². The number of hydrogen-bond donors (Lipinski definition) is 0. The van der Waals surface area contributed by atoms with Gasteiger partial charge in [-0.15, -0.1) is 0 Å². The van der Waals surface area contributed by atoms with Crippen molar-refractivity contribution in [2.75, 3.05) is 0 Å². The zero-order chi connectivity index (χ0) is 39.7. The summed E-state index contributed by atoms with van der Waals surface area (Å²) >= 11 is 0. The molecule has 2 atom stereocenters. The van der Waals surface area contributed by atoms with Gasteiger partial charge in [0.05, 0.1) is 15.6 Å². The number of phosphoric acid groups is 2. The van der Waals surface area contributed by atoms with E-state index in [1.54, 1.807) is 13.8 Å². The van der Waals surface area contributed by atoms with Crippen LogP contribution in [-0.4, -0.2) is 23.8 Å². The predicted octanol–water partition coefficient (Wildman–Crippen LogP) is -5.37. The largest absolute Gasteiger partial charge is 1.00 e. The summed E-state index contributed by atoms with van der Waals surface area (Å²) in [7, 11) is -10.6. The quantitative estimate of drug-likeness (QED) is 0.0932. The summed E-state index contributed by atoms with van der Waals surface area (Å²) in [5.41, 5.74) is 5.08. The Balaban J connectivity index is -0.00000702. The van der Waals surface area contributed by atoms with Gasteiger partial charge in [-0.3, -0.25) is 9.59 Å². The molecular formula is C40H50Na4O10P2. The Bertz CT molecular complexity index is 1710. The molecule has 284 valence electrons. The molecule has 0 spiro atoms. The maximum Gasteiger partial charge on any atom is 1.00 e. The van der Waals surface area contributed by atoms with Crippen molar-refractivity contribution in [1.82, 2.24) is 0 Å². The van der Waals surface area contributed by atoms with Crippen LogP contribution in [0.3, 0.4) is 0 Å². The Morgan fingerprint density at radius 1 is 0.554 bits per heavy atom. The Labute approximate surface area is 422 Å². The van der Waals surface area contributed by atoms with Crippen LogP contribution < -0.4 is 138 Å². The fourth-order valence-corrected chi connectivity index (χ4v) is 7.01. The van der Waals surface area contributed by atoms with Gasteiger partial charge in [0.2, 0.25) is 0 Å². The van der Waals surface area contributed by atoms with Crippen LogP contribution in [0.2, 0.25) is 0 Å². The van der Waals surface area contributed by atoms with Crippen LogP contribution in [0.5, 0.6) is 0 Å². The van der Waals surface area contributed by atoms with Crippen molar-refractivity contribution in [2.24, 2.45) is 10.8 Å². The molecule has 10 nitrogen and oxygen atoms in total. The molecule has 2 unspecified atom stereocenters. The van der Waals surface area contributed by atoms with Gasteiger partial charge >= 0.3 is 118 Å². The molecule has 0 saturated carbocycles. The second-order valence-corrected chi connectivity index (χ2v) is 16.7. The van der Waals surface area contributed by atoms with E-state index in [4.69, 9.17) is 0 Å². The summed E-state index contributed by atoms with van der Waals surface area (Å²) in [6.45, 7) is 18.6. The fraction of sp³-hybridized carbons (Fsp3) is 0.400. The Kier molecular flexibility index (Phi) is 29.3. The summed E-state index contributed by atoms with van der Waals surface area (Å²) in [4.78, 5) is 69.6. The van der Waals surface area contributed by atoms with Gasteiger partial charge in [-0.2, -0.15) is 0 Å². The Morgan fingerprint density at radius 2 is 0.821 bits per heavy atom. The minimum Gasteiger partial charge on any atom is -0.790 e. The molecule has 56 heavy (non-hydrogen) atoms. The molecule has 0 N–H and O–H groups in total. The van der Waals surface area contributed by atoms with E-state index in [1.165, 1.54) is 0 Å². The van der Waals surface area contributed by atoms with E-state index < -0.39 is 50.2 Å². The van der Waals surface area contributed by atoms with Gasteiger partial charge in [0.15, 0.2) is 11.6 Å². The van der Waals surface area contributed by atoms with Crippen molar-refractivity contribution in [2.45, 2.75) is 94.3 Å². The molecule has 2 aliphatic carbocycles. The Hall–Kier alpha value is 0.700. The van der Waals surface area contributed by atoms with Crippen LogP contribution >= 0.6 is 15.6 Å². The maximum absolute atomic E-state index is 12.6. The summed E-state index contributed by atoms with van der Waals surface area (Å²) in [5, 5.41) is 0. The SMILES string of the molecule is CC1=C(/C=C/C(C)=C/C=C/C(C)=C/C=C/C=C(C)/C=C/C=C(C)/C=C/C2=C(C)C(=O)C(OP(=O)([O-])[O-])CC2(C)C)C(C)(C)CC(OP(=O)([O-])[O-])C1=O.[Na+].[Na+].[Na+].[Na+]. The third kappa shape index (κ3) is 21.5. The Morgan fingerprint density at radius 3 is 1.11 bits per heavy atom. The van der Waals surface area contributed by atoms with E-state index in [1.807, 2.05) is 140 Å². The molecule has 0 bridgehead atoms. The molecule has 2 aliphatic rings. The first-order valence-electron chi connectivity index (χ1n) is 16.8. The number of allylic oxidation sites excluding steroid dienone is 20. The minimum atomic E-state index is -5.29. The molecule has 0 heterocycles. The van der Waals surface area contributed by atoms with Crippen molar-refractivity contribution in [3.05, 3.63) is 130 Å². The molecule has 2 rings (SSSR count). The van der Waals surface area contributed by atoms with Crippen molar-refractivity contribution >= 4 is 27.2 Å². The van der Waals surface area contributed by atoms with Crippen molar-refractivity contribution in [3.63, 3.8) is 0 Å². The first-order valence-corrected chi connectivity index (χ1v) is 19.7. The standard InChI is InChI=1S/C40H54O10P2.4Na/c1-27(17-13-19-29(3)21-23-33-31(5)37(41)35(25-39(33,7)8)49-51(43,44)45)15-11-12-16-28(2)18-14-20-30(4)22-24-34-32(6)38(42)36(26-40(34,9)10)50-52(46,47)48;;;;/h11-24,35-36H,25-26H2,1-10H3,(H2,43,44,45)(H2,46,47,48);;;;/q;4*+1/p-4/b12-11+,17-13+,18-14+,23-21+,24-22+,27-15+,28-16+,29-19+,30-20+;;;;. The van der Waals surface area contributed by atoms with Gasteiger partial charge < -0.3 is 37.8 Å². The monoisotopic (exact) mass is 844 g/mol. The molecule has 0 amide bonds. The van der Waals surface area contributed by atoms with Crippen molar-refractivity contribution in [3.8, 4) is 0 Å². The van der Waals surface area contributed by atoms with Crippen molar-refractivity contribution < 1.29 is 166 Å². The number of carbonyl (C=O) groups is 2. The van der Waals surface area contributed by atoms with E-state index in [2.05, 4.69) is 9.05 Å². The van der Waals surface area contributed by atoms with Crippen LogP contribution in [0.4, 0.5) is 0 Å². The van der Waals surface area contributed by atoms with Gasteiger partial charge in [-0.05, 0) is 87.5 Å². The number of rotatable bonds is 14. The summed E-state index contributed by atoms with van der Waals surface area (Å²) in [5.74, 6) is -0.998. The third-order valence-corrected chi connectivity index (χ3v) is 9.81. The smallest absolute Gasteiger partial charge is 0.790 e. The van der Waals surface area contributed by atoms with Gasteiger partial charge in [-0.1, -0.05) is 135 Å². The van der Waals surface area contributed by atoms with Crippen LogP contribution in [-0.2, 0) is 27.8 Å². The summed E-state index contributed by atoms with van der Waals surface area (Å²) in [6.07, 6.45) is 24.5. The van der Waals surface area contributed by atoms with Gasteiger partial charge in [0.25, 0.3) is 0 Å². The molecule has 0 radical (unpaired) electrons. The second-order valence-electron chi connectivity index (χ2n) is 14.5. The number of hydrogen-bond acceptors (Lipinski definition) is 10. The van der Waals surface area contributed by atoms with Crippen LogP contribution in [0.1, 0.15) is 82.1 Å². The molecular weight excluding hydrogens is 794 g/mol.